The Labute approximate surface area is 116 Å². The Kier molecular flexibility index (Phi) is 5.35. The molecule has 1 aliphatic rings. The zero-order valence-corrected chi connectivity index (χ0v) is 12.4. The van der Waals surface area contributed by atoms with Crippen LogP contribution in [0.5, 0.6) is 0 Å². The van der Waals surface area contributed by atoms with Crippen molar-refractivity contribution >= 4 is 27.7 Å². The minimum Gasteiger partial charge on any atom is -0.380 e. The van der Waals surface area contributed by atoms with Gasteiger partial charge in [-0.25, -0.2) is 0 Å². The Morgan fingerprint density at radius 1 is 1.47 bits per heavy atom. The molecule has 2 atom stereocenters. The monoisotopic (exact) mass is 315 g/mol. The fourth-order valence-electron chi connectivity index (χ4n) is 2.03. The minimum atomic E-state index is 0.502. The van der Waals surface area contributed by atoms with Gasteiger partial charge in [0.1, 0.15) is 0 Å². The number of thioether (sulfide) groups is 1. The van der Waals surface area contributed by atoms with E-state index in [9.17, 15) is 0 Å². The third-order valence-corrected chi connectivity index (χ3v) is 5.22. The molecular weight excluding hydrogens is 298 g/mol. The summed E-state index contributed by atoms with van der Waals surface area (Å²) < 4.78 is 6.77. The van der Waals surface area contributed by atoms with Crippen LogP contribution < -0.4 is 5.32 Å². The highest BCUT2D eigenvalue weighted by Gasteiger charge is 2.26. The van der Waals surface area contributed by atoms with Crippen LogP contribution in [0.4, 0.5) is 0 Å². The van der Waals surface area contributed by atoms with Gasteiger partial charge in [-0.2, -0.15) is 0 Å². The predicted octanol–water partition coefficient (Wildman–Crippen LogP) is 3.31. The van der Waals surface area contributed by atoms with Crippen LogP contribution in [0.2, 0.25) is 0 Å². The largest absolute Gasteiger partial charge is 0.380 e. The van der Waals surface area contributed by atoms with E-state index in [4.69, 9.17) is 4.74 Å². The number of ether oxygens (including phenoxy) is 1. The average Bonchev–Trinajstić information content (AvgIpc) is 2.35. The zero-order valence-electron chi connectivity index (χ0n) is 9.99. The molecule has 1 aromatic rings. The number of benzene rings is 1. The van der Waals surface area contributed by atoms with Crippen molar-refractivity contribution < 1.29 is 4.74 Å². The van der Waals surface area contributed by atoms with Crippen LogP contribution in [0.3, 0.4) is 0 Å². The molecule has 1 N–H and O–H groups in total. The van der Waals surface area contributed by atoms with E-state index in [0.29, 0.717) is 11.3 Å². The summed E-state index contributed by atoms with van der Waals surface area (Å²) in [6.07, 6.45) is 1.11. The number of hydrogen-bond donors (Lipinski definition) is 1. The van der Waals surface area contributed by atoms with Crippen LogP contribution in [0.15, 0.2) is 33.6 Å². The molecule has 17 heavy (non-hydrogen) atoms. The van der Waals surface area contributed by atoms with Gasteiger partial charge in [-0.15, -0.1) is 11.8 Å². The molecule has 0 saturated carbocycles. The Hall–Kier alpha value is -0.0300. The number of rotatable bonds is 4. The average molecular weight is 316 g/mol. The van der Waals surface area contributed by atoms with Crippen LogP contribution in [0.25, 0.3) is 0 Å². The summed E-state index contributed by atoms with van der Waals surface area (Å²) in [6.45, 7) is 4.90. The lowest BCUT2D eigenvalue weighted by molar-refractivity contribution is 0.0837. The predicted molar refractivity (Wildman–Crippen MR) is 76.7 cm³/mol. The molecule has 2 nitrogen and oxygen atoms in total. The van der Waals surface area contributed by atoms with Crippen LogP contribution in [0, 0.1) is 0 Å². The van der Waals surface area contributed by atoms with Crippen LogP contribution in [0.1, 0.15) is 13.3 Å². The molecule has 1 saturated heterocycles. The molecule has 0 aliphatic carbocycles. The quantitative estimate of drug-likeness (QED) is 0.921. The van der Waals surface area contributed by atoms with Crippen molar-refractivity contribution in [2.75, 3.05) is 19.8 Å². The standard InChI is InChI=1S/C13H18BrNOS/c1-2-15-11-7-8-16-9-13(11)17-12-6-4-3-5-10(12)14/h3-6,11,13,15H,2,7-9H2,1H3. The fraction of sp³-hybridized carbons (Fsp3) is 0.538. The van der Waals surface area contributed by atoms with Gasteiger partial charge < -0.3 is 10.1 Å². The molecule has 4 heteroatoms. The van der Waals surface area contributed by atoms with Crippen molar-refractivity contribution in [3.63, 3.8) is 0 Å². The van der Waals surface area contributed by atoms with Crippen LogP contribution >= 0.6 is 27.7 Å². The van der Waals surface area contributed by atoms with Gasteiger partial charge in [-0.3, -0.25) is 0 Å². The lowest BCUT2D eigenvalue weighted by Crippen LogP contribution is -2.44. The van der Waals surface area contributed by atoms with E-state index in [1.807, 2.05) is 17.8 Å². The lowest BCUT2D eigenvalue weighted by atomic mass is 10.1. The Morgan fingerprint density at radius 2 is 2.29 bits per heavy atom. The molecule has 0 radical (unpaired) electrons. The minimum absolute atomic E-state index is 0.502. The summed E-state index contributed by atoms with van der Waals surface area (Å²) in [7, 11) is 0. The van der Waals surface area contributed by atoms with Crippen molar-refractivity contribution in [3.8, 4) is 0 Å². The highest BCUT2D eigenvalue weighted by atomic mass is 79.9. The first-order chi connectivity index (χ1) is 8.31. The van der Waals surface area contributed by atoms with Crippen molar-refractivity contribution in [3.05, 3.63) is 28.7 Å². The molecule has 1 aliphatic heterocycles. The summed E-state index contributed by atoms with van der Waals surface area (Å²) in [5.41, 5.74) is 0. The topological polar surface area (TPSA) is 21.3 Å². The van der Waals surface area contributed by atoms with Crippen molar-refractivity contribution in [1.82, 2.24) is 5.32 Å². The second-order valence-electron chi connectivity index (χ2n) is 4.11. The highest BCUT2D eigenvalue weighted by molar-refractivity contribution is 9.10. The molecule has 1 aromatic carbocycles. The van der Waals surface area contributed by atoms with Gasteiger partial charge in [-0.05, 0) is 41.0 Å². The van der Waals surface area contributed by atoms with E-state index >= 15 is 0 Å². The van der Waals surface area contributed by atoms with Gasteiger partial charge in [-0.1, -0.05) is 19.1 Å². The van der Waals surface area contributed by atoms with Gasteiger partial charge in [0.25, 0.3) is 0 Å². The van der Waals surface area contributed by atoms with E-state index in [1.165, 1.54) is 9.37 Å². The molecule has 0 bridgehead atoms. The molecule has 1 fully saturated rings. The third kappa shape index (κ3) is 3.71. The van der Waals surface area contributed by atoms with E-state index in [2.05, 4.69) is 46.4 Å². The molecule has 1 heterocycles. The maximum absolute atomic E-state index is 5.59. The number of hydrogen-bond acceptors (Lipinski definition) is 3. The highest BCUT2D eigenvalue weighted by Crippen LogP contribution is 2.33. The molecule has 0 amide bonds. The maximum atomic E-state index is 5.59. The molecule has 2 rings (SSSR count). The summed E-state index contributed by atoms with van der Waals surface area (Å²) >= 11 is 5.50. The fourth-order valence-corrected chi connectivity index (χ4v) is 3.82. The smallest absolute Gasteiger partial charge is 0.0603 e. The normalized spacial score (nSPS) is 24.8. The SMILES string of the molecule is CCNC1CCOCC1Sc1ccccc1Br. The maximum Gasteiger partial charge on any atom is 0.0603 e. The molecular formula is C13H18BrNOS. The van der Waals surface area contributed by atoms with E-state index in [-0.39, 0.29) is 0 Å². The summed E-state index contributed by atoms with van der Waals surface area (Å²) in [6, 6.07) is 8.94. The summed E-state index contributed by atoms with van der Waals surface area (Å²) in [5, 5.41) is 4.06. The first-order valence-electron chi connectivity index (χ1n) is 6.03. The van der Waals surface area contributed by atoms with Crippen LogP contribution in [-0.4, -0.2) is 31.1 Å². The van der Waals surface area contributed by atoms with E-state index in [0.717, 1.165) is 26.2 Å². The first-order valence-corrected chi connectivity index (χ1v) is 7.71. The lowest BCUT2D eigenvalue weighted by Gasteiger charge is -2.31. The van der Waals surface area contributed by atoms with Crippen molar-refractivity contribution in [2.24, 2.45) is 0 Å². The van der Waals surface area contributed by atoms with Gasteiger partial charge in [0, 0.05) is 27.3 Å². The summed E-state index contributed by atoms with van der Waals surface area (Å²) in [4.78, 5) is 1.30. The van der Waals surface area contributed by atoms with E-state index in [1.54, 1.807) is 0 Å². The van der Waals surface area contributed by atoms with Crippen LogP contribution in [-0.2, 0) is 4.74 Å². The number of nitrogens with one attached hydrogen (secondary N) is 1. The zero-order chi connectivity index (χ0) is 12.1. The molecule has 0 aromatic heterocycles. The van der Waals surface area contributed by atoms with Gasteiger partial charge in [0.15, 0.2) is 0 Å². The second kappa shape index (κ2) is 6.78. The summed E-state index contributed by atoms with van der Waals surface area (Å²) in [5.74, 6) is 0. The molecule has 0 spiro atoms. The number of halogens is 1. The van der Waals surface area contributed by atoms with Gasteiger partial charge in [0.2, 0.25) is 0 Å². The molecule has 2 unspecified atom stereocenters. The second-order valence-corrected chi connectivity index (χ2v) is 6.25. The van der Waals surface area contributed by atoms with Crippen molar-refractivity contribution in [2.45, 2.75) is 29.5 Å². The Morgan fingerprint density at radius 3 is 3.06 bits per heavy atom. The van der Waals surface area contributed by atoms with E-state index < -0.39 is 0 Å². The van der Waals surface area contributed by atoms with Gasteiger partial charge >= 0.3 is 0 Å². The first kappa shape index (κ1) is 13.4. The Balaban J connectivity index is 2.03. The third-order valence-electron chi connectivity index (χ3n) is 2.89. The van der Waals surface area contributed by atoms with Crippen molar-refractivity contribution in [1.29, 1.82) is 0 Å². The van der Waals surface area contributed by atoms with Gasteiger partial charge in [0.05, 0.1) is 6.61 Å². The Bertz CT molecular complexity index is 359. The molecule has 94 valence electrons.